The number of halogens is 1. The van der Waals surface area contributed by atoms with Crippen LogP contribution >= 0.6 is 11.8 Å². The van der Waals surface area contributed by atoms with Gasteiger partial charge in [0, 0.05) is 0 Å². The van der Waals surface area contributed by atoms with Gasteiger partial charge in [-0.25, -0.2) is 4.39 Å². The zero-order valence-electron chi connectivity index (χ0n) is 13.8. The van der Waals surface area contributed by atoms with E-state index in [0.717, 1.165) is 39.8 Å². The van der Waals surface area contributed by atoms with Crippen molar-refractivity contribution in [1.29, 1.82) is 0 Å². The molecule has 1 fully saturated rings. The molecular weight excluding hydrogens is 341 g/mol. The summed E-state index contributed by atoms with van der Waals surface area (Å²) in [6.45, 7) is 4.18. The van der Waals surface area contributed by atoms with Crippen molar-refractivity contribution in [3.05, 3.63) is 69.4 Å². The van der Waals surface area contributed by atoms with E-state index in [1.807, 2.05) is 26.0 Å². The molecule has 1 aliphatic heterocycles. The molecule has 3 rings (SSSR count). The highest BCUT2D eigenvalue weighted by Gasteiger charge is 2.25. The number of imide groups is 1. The summed E-state index contributed by atoms with van der Waals surface area (Å²) in [6.07, 6.45) is 1.69. The lowest BCUT2D eigenvalue weighted by Gasteiger charge is -2.13. The van der Waals surface area contributed by atoms with Crippen LogP contribution in [0.15, 0.2) is 41.3 Å². The minimum absolute atomic E-state index is 0.277. The van der Waals surface area contributed by atoms with Crippen LogP contribution in [0.4, 0.5) is 9.18 Å². The van der Waals surface area contributed by atoms with Crippen LogP contribution < -0.4 is 10.1 Å². The van der Waals surface area contributed by atoms with E-state index >= 15 is 0 Å². The van der Waals surface area contributed by atoms with Gasteiger partial charge in [-0.05, 0) is 78.2 Å². The van der Waals surface area contributed by atoms with Gasteiger partial charge in [-0.1, -0.05) is 12.1 Å². The third-order valence-corrected chi connectivity index (χ3v) is 4.53. The highest BCUT2D eigenvalue weighted by molar-refractivity contribution is 8.18. The molecule has 0 atom stereocenters. The summed E-state index contributed by atoms with van der Waals surface area (Å²) in [5, 5.41) is 1.88. The normalized spacial score (nSPS) is 15.6. The number of benzene rings is 2. The fourth-order valence-electron chi connectivity index (χ4n) is 2.60. The van der Waals surface area contributed by atoms with Crippen molar-refractivity contribution in [2.45, 2.75) is 20.5 Å². The van der Waals surface area contributed by atoms with E-state index in [2.05, 4.69) is 5.32 Å². The van der Waals surface area contributed by atoms with Crippen LogP contribution in [0.5, 0.6) is 5.75 Å². The fraction of sp³-hybridized carbons (Fsp3) is 0.158. The number of carbonyl (C=O) groups excluding carboxylic acids is 2. The molecule has 4 nitrogen and oxygen atoms in total. The highest BCUT2D eigenvalue weighted by atomic mass is 32.2. The molecule has 6 heteroatoms. The maximum Gasteiger partial charge on any atom is 0.290 e. The SMILES string of the molecule is Cc1cc(/C=C2/SC(=O)NC2=O)cc(C)c1OCc1ccc(F)cc1. The lowest BCUT2D eigenvalue weighted by atomic mass is 10.0. The largest absolute Gasteiger partial charge is 0.488 e. The molecule has 1 saturated heterocycles. The summed E-state index contributed by atoms with van der Waals surface area (Å²) in [5.41, 5.74) is 3.55. The Hall–Kier alpha value is -2.60. The Labute approximate surface area is 149 Å². The Morgan fingerprint density at radius 1 is 1.12 bits per heavy atom. The van der Waals surface area contributed by atoms with Crippen LogP contribution in [0, 0.1) is 19.7 Å². The number of thioether (sulfide) groups is 1. The zero-order valence-corrected chi connectivity index (χ0v) is 14.6. The van der Waals surface area contributed by atoms with Crippen molar-refractivity contribution < 1.29 is 18.7 Å². The average molecular weight is 357 g/mol. The van der Waals surface area contributed by atoms with Gasteiger partial charge in [0.25, 0.3) is 11.1 Å². The van der Waals surface area contributed by atoms with E-state index < -0.39 is 0 Å². The summed E-state index contributed by atoms with van der Waals surface area (Å²) >= 11 is 0.893. The molecule has 0 saturated carbocycles. The van der Waals surface area contributed by atoms with E-state index in [0.29, 0.717) is 11.5 Å². The van der Waals surface area contributed by atoms with E-state index in [1.165, 1.54) is 12.1 Å². The number of hydrogen-bond donors (Lipinski definition) is 1. The summed E-state index contributed by atoms with van der Waals surface area (Å²) < 4.78 is 18.8. The number of ether oxygens (including phenoxy) is 1. The van der Waals surface area contributed by atoms with Gasteiger partial charge in [-0.2, -0.15) is 0 Å². The minimum atomic E-state index is -0.373. The molecule has 1 heterocycles. The molecule has 0 bridgehead atoms. The van der Waals surface area contributed by atoms with Crippen LogP contribution in [0.2, 0.25) is 0 Å². The van der Waals surface area contributed by atoms with Crippen molar-refractivity contribution >= 4 is 29.0 Å². The molecule has 1 aliphatic rings. The second-order valence-corrected chi connectivity index (χ2v) is 6.77. The third kappa shape index (κ3) is 4.09. The number of hydrogen-bond acceptors (Lipinski definition) is 4. The van der Waals surface area contributed by atoms with Gasteiger partial charge in [0.2, 0.25) is 0 Å². The van der Waals surface area contributed by atoms with Crippen molar-refractivity contribution in [2.75, 3.05) is 0 Å². The van der Waals surface area contributed by atoms with Crippen LogP contribution in [-0.2, 0) is 11.4 Å². The Bertz CT molecular complexity index is 852. The monoisotopic (exact) mass is 357 g/mol. The number of carbonyl (C=O) groups is 2. The first-order valence-corrected chi connectivity index (χ1v) is 8.47. The quantitative estimate of drug-likeness (QED) is 0.827. The predicted molar refractivity (Wildman–Crippen MR) is 95.8 cm³/mol. The molecule has 0 aromatic heterocycles. The maximum absolute atomic E-state index is 12.9. The van der Waals surface area contributed by atoms with Gasteiger partial charge >= 0.3 is 0 Å². The Balaban J connectivity index is 1.78. The maximum atomic E-state index is 12.9. The second kappa shape index (κ2) is 7.11. The fourth-order valence-corrected chi connectivity index (χ4v) is 3.29. The van der Waals surface area contributed by atoms with Crippen molar-refractivity contribution in [2.24, 2.45) is 0 Å². The Morgan fingerprint density at radius 3 is 2.32 bits per heavy atom. The highest BCUT2D eigenvalue weighted by Crippen LogP contribution is 2.30. The third-order valence-electron chi connectivity index (χ3n) is 3.72. The number of aryl methyl sites for hydroxylation is 2. The number of nitrogens with one attached hydrogen (secondary N) is 1. The number of rotatable bonds is 4. The van der Waals surface area contributed by atoms with Crippen LogP contribution in [0.25, 0.3) is 6.08 Å². The molecule has 0 radical (unpaired) electrons. The van der Waals surface area contributed by atoms with Crippen LogP contribution in [-0.4, -0.2) is 11.1 Å². The van der Waals surface area contributed by atoms with E-state index in [4.69, 9.17) is 4.74 Å². The van der Waals surface area contributed by atoms with E-state index in [-0.39, 0.29) is 17.0 Å². The van der Waals surface area contributed by atoms with Crippen LogP contribution in [0.1, 0.15) is 22.3 Å². The molecule has 2 aromatic carbocycles. The summed E-state index contributed by atoms with van der Waals surface area (Å²) in [4.78, 5) is 23.2. The molecule has 1 N–H and O–H groups in total. The van der Waals surface area contributed by atoms with Crippen LogP contribution in [0.3, 0.4) is 0 Å². The van der Waals surface area contributed by atoms with E-state index in [1.54, 1.807) is 18.2 Å². The van der Waals surface area contributed by atoms with Gasteiger partial charge in [0.1, 0.15) is 18.2 Å². The average Bonchev–Trinajstić information content (AvgIpc) is 2.86. The molecule has 0 spiro atoms. The molecular formula is C19H16FNO3S. The molecule has 2 amide bonds. The summed E-state index contributed by atoms with van der Waals surface area (Å²) in [7, 11) is 0. The van der Waals surface area contributed by atoms with Gasteiger partial charge in [-0.3, -0.25) is 14.9 Å². The van der Waals surface area contributed by atoms with Gasteiger partial charge in [-0.15, -0.1) is 0 Å². The Kier molecular flexibility index (Phi) is 4.90. The second-order valence-electron chi connectivity index (χ2n) is 5.75. The predicted octanol–water partition coefficient (Wildman–Crippen LogP) is 4.35. The van der Waals surface area contributed by atoms with Gasteiger partial charge < -0.3 is 4.74 Å². The Morgan fingerprint density at radius 2 is 1.76 bits per heavy atom. The van der Waals surface area contributed by atoms with E-state index in [9.17, 15) is 14.0 Å². The molecule has 25 heavy (non-hydrogen) atoms. The van der Waals surface area contributed by atoms with Gasteiger partial charge in [0.15, 0.2) is 0 Å². The van der Waals surface area contributed by atoms with Crippen molar-refractivity contribution in [3.8, 4) is 5.75 Å². The molecule has 0 aliphatic carbocycles. The topological polar surface area (TPSA) is 55.4 Å². The summed E-state index contributed by atoms with van der Waals surface area (Å²) in [5.74, 6) is 0.105. The molecule has 128 valence electrons. The zero-order chi connectivity index (χ0) is 18.0. The number of amides is 2. The first-order chi connectivity index (χ1) is 11.9. The minimum Gasteiger partial charge on any atom is -0.488 e. The van der Waals surface area contributed by atoms with Crippen molar-refractivity contribution in [1.82, 2.24) is 5.32 Å². The lowest BCUT2D eigenvalue weighted by Crippen LogP contribution is -2.17. The molecule has 0 unspecified atom stereocenters. The smallest absolute Gasteiger partial charge is 0.290 e. The molecule has 2 aromatic rings. The first kappa shape index (κ1) is 17.2. The standard InChI is InChI=1S/C19H16FNO3S/c1-11-7-14(9-16-18(22)21-19(23)25-16)8-12(2)17(11)24-10-13-3-5-15(20)6-4-13/h3-9H,10H2,1-2H3,(H,21,22,23)/b16-9+. The summed E-state index contributed by atoms with van der Waals surface area (Å²) in [6, 6.07) is 9.98. The van der Waals surface area contributed by atoms with Gasteiger partial charge in [0.05, 0.1) is 4.91 Å². The first-order valence-electron chi connectivity index (χ1n) is 7.66. The lowest BCUT2D eigenvalue weighted by molar-refractivity contribution is -0.115. The van der Waals surface area contributed by atoms with Crippen molar-refractivity contribution in [3.63, 3.8) is 0 Å².